The Balaban J connectivity index is 1.26. The van der Waals surface area contributed by atoms with Crippen LogP contribution in [-0.4, -0.2) is 50.9 Å². The molecule has 0 spiro atoms. The number of hydrazine groups is 1. The van der Waals surface area contributed by atoms with Crippen molar-refractivity contribution < 1.29 is 38.7 Å². The van der Waals surface area contributed by atoms with Gasteiger partial charge in [0.05, 0.1) is 34.5 Å². The molecule has 10 nitrogen and oxygen atoms in total. The fourth-order valence-electron chi connectivity index (χ4n) is 9.64. The summed E-state index contributed by atoms with van der Waals surface area (Å²) in [4.78, 5) is 60.3. The molecule has 5 aromatic rings. The molecule has 13 heteroatoms. The number of nitrogens with zero attached hydrogens (tertiary/aromatic N) is 2. The van der Waals surface area contributed by atoms with Gasteiger partial charge in [-0.2, -0.15) is 5.01 Å². The van der Waals surface area contributed by atoms with Gasteiger partial charge in [0.25, 0.3) is 11.8 Å². The van der Waals surface area contributed by atoms with E-state index in [0.717, 1.165) is 15.5 Å². The third-order valence-corrected chi connectivity index (χ3v) is 12.2. The monoisotopic (exact) mass is 755 g/mol. The number of carbonyl (C=O) groups excluding carboxylic acids is 4. The maximum Gasteiger partial charge on any atom is 0.488 e. The number of rotatable bonds is 6. The first-order valence-corrected chi connectivity index (χ1v) is 18.3. The van der Waals surface area contributed by atoms with Crippen molar-refractivity contribution in [3.63, 3.8) is 0 Å². The van der Waals surface area contributed by atoms with Gasteiger partial charge in [-0.25, -0.2) is 4.39 Å². The average molecular weight is 756 g/mol. The molecule has 0 aromatic heterocycles. The minimum atomic E-state index is -1.82. The van der Waals surface area contributed by atoms with Crippen molar-refractivity contribution in [2.75, 3.05) is 10.3 Å². The molecule has 0 bridgehead atoms. The molecule has 1 saturated carbocycles. The molecule has 4 N–H and O–H groups in total. The van der Waals surface area contributed by atoms with Crippen molar-refractivity contribution in [1.82, 2.24) is 5.01 Å². The molecule has 2 aliphatic heterocycles. The summed E-state index contributed by atoms with van der Waals surface area (Å²) in [5.74, 6) is -6.78. The van der Waals surface area contributed by atoms with Crippen LogP contribution in [0.25, 0.3) is 10.8 Å². The highest BCUT2D eigenvalue weighted by Crippen LogP contribution is 2.65. The van der Waals surface area contributed by atoms with Crippen LogP contribution >= 0.6 is 11.6 Å². The fourth-order valence-corrected chi connectivity index (χ4v) is 9.76. The SMILES string of the molecule is O=C1C2CC3C(=CCC4C(=O)N(c5cccc(B(O)O)c5)C(=O)C43)C(c3ccc(O)c4ccccc34)C2(c2ccc(Cl)cc2)C(=O)N1Nc1ccc(F)cc1. The Morgan fingerprint density at radius 1 is 0.800 bits per heavy atom. The van der Waals surface area contributed by atoms with Crippen molar-refractivity contribution in [2.24, 2.45) is 23.7 Å². The van der Waals surface area contributed by atoms with E-state index < -0.39 is 71.6 Å². The summed E-state index contributed by atoms with van der Waals surface area (Å²) < 4.78 is 13.9. The number of phenolic OH excluding ortho intramolecular Hbond substituents is 1. The van der Waals surface area contributed by atoms with E-state index in [0.29, 0.717) is 32.6 Å². The number of anilines is 2. The number of benzene rings is 5. The van der Waals surface area contributed by atoms with E-state index in [1.165, 1.54) is 42.5 Å². The number of allylic oxidation sites excluding steroid dienone is 2. The summed E-state index contributed by atoms with van der Waals surface area (Å²) in [6.45, 7) is 0. The minimum Gasteiger partial charge on any atom is -0.507 e. The van der Waals surface area contributed by atoms with Gasteiger partial charge in [-0.1, -0.05) is 77.8 Å². The molecule has 4 amide bonds. The number of nitrogens with one attached hydrogen (secondary N) is 1. The number of hydrogen-bond acceptors (Lipinski definition) is 8. The molecule has 274 valence electrons. The summed E-state index contributed by atoms with van der Waals surface area (Å²) >= 11 is 6.40. The van der Waals surface area contributed by atoms with Crippen LogP contribution in [0.3, 0.4) is 0 Å². The fraction of sp³-hybridized carbons (Fsp3) is 0.190. The first-order chi connectivity index (χ1) is 26.5. The van der Waals surface area contributed by atoms with Crippen molar-refractivity contribution in [2.45, 2.75) is 24.2 Å². The lowest BCUT2D eigenvalue weighted by molar-refractivity contribution is -0.138. The number of halogens is 2. The summed E-state index contributed by atoms with van der Waals surface area (Å²) in [6, 6.07) is 28.6. The highest BCUT2D eigenvalue weighted by Gasteiger charge is 2.70. The maximum absolute atomic E-state index is 15.4. The van der Waals surface area contributed by atoms with E-state index in [-0.39, 0.29) is 29.7 Å². The lowest BCUT2D eigenvalue weighted by Gasteiger charge is -2.51. The zero-order chi connectivity index (χ0) is 38.3. The molecule has 4 aliphatic rings. The van der Waals surface area contributed by atoms with E-state index in [1.807, 2.05) is 18.2 Å². The number of imide groups is 2. The smallest absolute Gasteiger partial charge is 0.488 e. The molecule has 5 aromatic carbocycles. The number of amides is 4. The second-order valence-electron chi connectivity index (χ2n) is 14.6. The van der Waals surface area contributed by atoms with Crippen LogP contribution in [-0.2, 0) is 24.6 Å². The van der Waals surface area contributed by atoms with Crippen LogP contribution in [0.5, 0.6) is 5.75 Å². The normalized spacial score (nSPS) is 25.8. The number of hydrogen-bond donors (Lipinski definition) is 4. The Kier molecular flexibility index (Phi) is 8.19. The Morgan fingerprint density at radius 2 is 1.53 bits per heavy atom. The van der Waals surface area contributed by atoms with Gasteiger partial charge in [0.15, 0.2) is 0 Å². The maximum atomic E-state index is 15.4. The minimum absolute atomic E-state index is 0.0253. The average Bonchev–Trinajstić information content (AvgIpc) is 3.57. The Labute approximate surface area is 319 Å². The molecule has 55 heavy (non-hydrogen) atoms. The van der Waals surface area contributed by atoms with Gasteiger partial charge in [-0.3, -0.25) is 29.5 Å². The Hall–Kier alpha value is -5.82. The lowest BCUT2D eigenvalue weighted by Crippen LogP contribution is -2.53. The molecule has 2 aliphatic carbocycles. The summed E-state index contributed by atoms with van der Waals surface area (Å²) in [7, 11) is -1.82. The second-order valence-corrected chi connectivity index (χ2v) is 15.0. The molecule has 6 atom stereocenters. The lowest BCUT2D eigenvalue weighted by atomic mass is 9.49. The molecule has 0 radical (unpaired) electrons. The third-order valence-electron chi connectivity index (χ3n) is 11.9. The van der Waals surface area contributed by atoms with Crippen molar-refractivity contribution >= 4 is 70.0 Å². The molecule has 6 unspecified atom stereocenters. The number of aromatic hydroxyl groups is 1. The molecule has 9 rings (SSSR count). The van der Waals surface area contributed by atoms with Gasteiger partial charge in [-0.05, 0) is 95.3 Å². The largest absolute Gasteiger partial charge is 0.507 e. The van der Waals surface area contributed by atoms with Crippen LogP contribution in [0.2, 0.25) is 5.02 Å². The molecule has 2 saturated heterocycles. The summed E-state index contributed by atoms with van der Waals surface area (Å²) in [5.41, 5.74) is 3.84. The molecular weight excluding hydrogens is 724 g/mol. The standard InChI is InChI=1S/C42H32BClFN3O7/c44-24-10-8-22(9-11-24)42-34(39(51)48(41(42)53)46-26-14-12-25(45)13-15-26)21-33-31(37(42)30-18-19-35(49)29-7-2-1-6-28(29)30)16-17-32-36(33)40(52)47(38(32)50)27-5-3-4-23(20-27)43(54)55/h1-16,18-20,32-34,36-37,46,49,54-55H,17,21H2. The van der Waals surface area contributed by atoms with Crippen molar-refractivity contribution in [3.05, 3.63) is 143 Å². The van der Waals surface area contributed by atoms with Crippen LogP contribution < -0.4 is 15.8 Å². The van der Waals surface area contributed by atoms with Crippen LogP contribution in [0.4, 0.5) is 15.8 Å². The van der Waals surface area contributed by atoms with Crippen molar-refractivity contribution in [1.29, 1.82) is 0 Å². The number of phenols is 1. The van der Waals surface area contributed by atoms with Gasteiger partial charge in [-0.15, -0.1) is 0 Å². The predicted octanol–water partition coefficient (Wildman–Crippen LogP) is 5.21. The van der Waals surface area contributed by atoms with Gasteiger partial charge in [0.2, 0.25) is 11.8 Å². The topological polar surface area (TPSA) is 147 Å². The first-order valence-electron chi connectivity index (χ1n) is 17.9. The zero-order valence-electron chi connectivity index (χ0n) is 29.0. The van der Waals surface area contributed by atoms with E-state index in [1.54, 1.807) is 54.6 Å². The second kappa shape index (κ2) is 12.9. The summed E-state index contributed by atoms with van der Waals surface area (Å²) in [6.07, 6.45) is 2.15. The number of fused-ring (bicyclic) bond motifs is 5. The van der Waals surface area contributed by atoms with Crippen molar-refractivity contribution in [3.8, 4) is 5.75 Å². The highest BCUT2D eigenvalue weighted by atomic mass is 35.5. The van der Waals surface area contributed by atoms with Gasteiger partial charge < -0.3 is 15.2 Å². The highest BCUT2D eigenvalue weighted by molar-refractivity contribution is 6.58. The molecule has 3 fully saturated rings. The molecule has 2 heterocycles. The van der Waals surface area contributed by atoms with E-state index in [9.17, 15) is 33.9 Å². The van der Waals surface area contributed by atoms with Gasteiger partial charge in [0, 0.05) is 16.3 Å². The third kappa shape index (κ3) is 5.16. The number of carbonyl (C=O) groups is 4. The quantitative estimate of drug-likeness (QED) is 0.105. The van der Waals surface area contributed by atoms with Crippen LogP contribution in [0, 0.1) is 29.5 Å². The van der Waals surface area contributed by atoms with E-state index in [2.05, 4.69) is 5.43 Å². The van der Waals surface area contributed by atoms with Crippen LogP contribution in [0.15, 0.2) is 121 Å². The Bertz CT molecular complexity index is 2480. The molecular formula is C42H32BClFN3O7. The first kappa shape index (κ1) is 34.9. The van der Waals surface area contributed by atoms with Gasteiger partial charge in [0.1, 0.15) is 11.6 Å². The van der Waals surface area contributed by atoms with Gasteiger partial charge >= 0.3 is 7.12 Å². The zero-order valence-corrected chi connectivity index (χ0v) is 29.7. The summed E-state index contributed by atoms with van der Waals surface area (Å²) in [5, 5.41) is 33.3. The van der Waals surface area contributed by atoms with E-state index in [4.69, 9.17) is 11.6 Å². The predicted molar refractivity (Wildman–Crippen MR) is 203 cm³/mol. The van der Waals surface area contributed by atoms with Crippen LogP contribution in [0.1, 0.15) is 29.9 Å². The van der Waals surface area contributed by atoms with E-state index >= 15 is 4.79 Å². The Morgan fingerprint density at radius 3 is 2.25 bits per heavy atom.